The third kappa shape index (κ3) is 1.92. The Morgan fingerprint density at radius 1 is 1.50 bits per heavy atom. The number of anilines is 1. The minimum Gasteiger partial charge on any atom is -0.461 e. The normalized spacial score (nSPS) is 10.7. The molecule has 18 heavy (non-hydrogen) atoms. The molecule has 0 fully saturated rings. The van der Waals surface area contributed by atoms with Gasteiger partial charge in [0.15, 0.2) is 5.82 Å². The maximum Gasteiger partial charge on any atom is 0.354 e. The van der Waals surface area contributed by atoms with Crippen molar-refractivity contribution in [3.63, 3.8) is 0 Å². The van der Waals surface area contributed by atoms with Gasteiger partial charge < -0.3 is 14.2 Å². The number of pyridine rings is 1. The average molecular weight is 247 g/mol. The van der Waals surface area contributed by atoms with Crippen molar-refractivity contribution in [1.82, 2.24) is 9.55 Å². The quantitative estimate of drug-likeness (QED) is 0.776. The Morgan fingerprint density at radius 2 is 2.22 bits per heavy atom. The fraction of sp³-hybridized carbons (Fsp3) is 0.385. The summed E-state index contributed by atoms with van der Waals surface area (Å²) in [4.78, 5) is 18.1. The Hall–Kier alpha value is -2.04. The molecule has 0 bridgehead atoms. The lowest BCUT2D eigenvalue weighted by Crippen LogP contribution is -2.13. The summed E-state index contributed by atoms with van der Waals surface area (Å²) in [5, 5.41) is 0.985. The first-order valence-electron chi connectivity index (χ1n) is 5.85. The Kier molecular flexibility index (Phi) is 3.23. The largest absolute Gasteiger partial charge is 0.461 e. The lowest BCUT2D eigenvalue weighted by molar-refractivity contribution is 0.0516. The molecule has 0 aliphatic carbocycles. The number of hydrogen-bond donors (Lipinski definition) is 0. The maximum atomic E-state index is 11.8. The summed E-state index contributed by atoms with van der Waals surface area (Å²) in [5.41, 5.74) is 1.48. The number of fused-ring (bicyclic) bond motifs is 1. The molecule has 0 saturated carbocycles. The van der Waals surface area contributed by atoms with Crippen molar-refractivity contribution in [3.8, 4) is 0 Å². The zero-order valence-electron chi connectivity index (χ0n) is 11.1. The van der Waals surface area contributed by atoms with Crippen molar-refractivity contribution >= 4 is 22.7 Å². The second-order valence-corrected chi connectivity index (χ2v) is 4.28. The van der Waals surface area contributed by atoms with Crippen LogP contribution in [0.2, 0.25) is 0 Å². The van der Waals surface area contributed by atoms with Crippen molar-refractivity contribution in [1.29, 1.82) is 0 Å². The minimum absolute atomic E-state index is 0.305. The van der Waals surface area contributed by atoms with Crippen molar-refractivity contribution in [2.45, 2.75) is 6.92 Å². The Labute approximate surface area is 106 Å². The van der Waals surface area contributed by atoms with Gasteiger partial charge in [-0.25, -0.2) is 9.78 Å². The van der Waals surface area contributed by atoms with E-state index < -0.39 is 0 Å². The summed E-state index contributed by atoms with van der Waals surface area (Å²) >= 11 is 0. The van der Waals surface area contributed by atoms with Gasteiger partial charge in [-0.1, -0.05) is 0 Å². The number of aromatic nitrogens is 2. The Bertz CT molecular complexity index is 587. The van der Waals surface area contributed by atoms with E-state index in [1.807, 2.05) is 42.7 Å². The summed E-state index contributed by atoms with van der Waals surface area (Å²) in [6.45, 7) is 2.17. The van der Waals surface area contributed by atoms with Crippen LogP contribution in [0.3, 0.4) is 0 Å². The van der Waals surface area contributed by atoms with Gasteiger partial charge in [-0.2, -0.15) is 0 Å². The highest BCUT2D eigenvalue weighted by Crippen LogP contribution is 2.26. The Balaban J connectivity index is 2.63. The lowest BCUT2D eigenvalue weighted by atomic mass is 10.3. The van der Waals surface area contributed by atoms with Crippen LogP contribution in [0.4, 0.5) is 5.82 Å². The molecule has 0 unspecified atom stereocenters. The summed E-state index contributed by atoms with van der Waals surface area (Å²) in [5.74, 6) is 0.534. The SMILES string of the molecule is CCOC(=O)c1cc2ccnc(N(C)C)c2n1C. The predicted molar refractivity (Wildman–Crippen MR) is 71.0 cm³/mol. The van der Waals surface area contributed by atoms with E-state index in [0.717, 1.165) is 16.7 Å². The highest BCUT2D eigenvalue weighted by molar-refractivity contribution is 5.99. The molecule has 0 atom stereocenters. The van der Waals surface area contributed by atoms with E-state index in [4.69, 9.17) is 4.74 Å². The second-order valence-electron chi connectivity index (χ2n) is 4.28. The van der Waals surface area contributed by atoms with Crippen molar-refractivity contribution in [3.05, 3.63) is 24.0 Å². The standard InChI is InChI=1S/C13H17N3O2/c1-5-18-13(17)10-8-9-6-7-14-12(15(2)3)11(9)16(10)4/h6-8H,5H2,1-4H3. The van der Waals surface area contributed by atoms with E-state index in [0.29, 0.717) is 12.3 Å². The summed E-state index contributed by atoms with van der Waals surface area (Å²) in [7, 11) is 5.71. The highest BCUT2D eigenvalue weighted by atomic mass is 16.5. The van der Waals surface area contributed by atoms with E-state index in [1.165, 1.54) is 0 Å². The number of rotatable bonds is 3. The maximum absolute atomic E-state index is 11.8. The van der Waals surface area contributed by atoms with E-state index >= 15 is 0 Å². The third-order valence-corrected chi connectivity index (χ3v) is 2.83. The van der Waals surface area contributed by atoms with Crippen LogP contribution in [0.5, 0.6) is 0 Å². The topological polar surface area (TPSA) is 47.4 Å². The highest BCUT2D eigenvalue weighted by Gasteiger charge is 2.17. The van der Waals surface area contributed by atoms with Crippen molar-refractivity contribution in [2.75, 3.05) is 25.6 Å². The zero-order valence-corrected chi connectivity index (χ0v) is 11.1. The zero-order chi connectivity index (χ0) is 13.3. The van der Waals surface area contributed by atoms with Gasteiger partial charge in [0.05, 0.1) is 12.1 Å². The predicted octanol–water partition coefficient (Wildman–Crippen LogP) is 1.82. The molecule has 2 aromatic heterocycles. The fourth-order valence-electron chi connectivity index (χ4n) is 2.01. The van der Waals surface area contributed by atoms with Crippen LogP contribution in [-0.4, -0.2) is 36.2 Å². The molecule has 2 rings (SSSR count). The van der Waals surface area contributed by atoms with Gasteiger partial charge in [0.2, 0.25) is 0 Å². The molecule has 2 heterocycles. The monoisotopic (exact) mass is 247 g/mol. The van der Waals surface area contributed by atoms with Crippen LogP contribution in [0.25, 0.3) is 10.9 Å². The van der Waals surface area contributed by atoms with Gasteiger partial charge in [-0.15, -0.1) is 0 Å². The molecule has 0 radical (unpaired) electrons. The second kappa shape index (κ2) is 4.68. The molecular formula is C13H17N3O2. The fourth-order valence-corrected chi connectivity index (χ4v) is 2.01. The minimum atomic E-state index is -0.305. The first-order chi connectivity index (χ1) is 8.56. The summed E-state index contributed by atoms with van der Waals surface area (Å²) in [6.07, 6.45) is 1.74. The first kappa shape index (κ1) is 12.4. The molecule has 0 saturated heterocycles. The molecule has 5 nitrogen and oxygen atoms in total. The number of hydrogen-bond acceptors (Lipinski definition) is 4. The third-order valence-electron chi connectivity index (χ3n) is 2.83. The number of carbonyl (C=O) groups is 1. The summed E-state index contributed by atoms with van der Waals surface area (Å²) < 4.78 is 6.87. The van der Waals surface area contributed by atoms with Crippen LogP contribution in [0, 0.1) is 0 Å². The molecule has 96 valence electrons. The number of esters is 1. The summed E-state index contributed by atoms with van der Waals surface area (Å²) in [6, 6.07) is 3.73. The van der Waals surface area contributed by atoms with Gasteiger partial charge in [-0.05, 0) is 19.1 Å². The molecule has 0 aromatic carbocycles. The first-order valence-corrected chi connectivity index (χ1v) is 5.85. The lowest BCUT2D eigenvalue weighted by Gasteiger charge is -2.13. The van der Waals surface area contributed by atoms with Gasteiger partial charge in [0, 0.05) is 32.7 Å². The van der Waals surface area contributed by atoms with Crippen LogP contribution in [0.15, 0.2) is 18.3 Å². The van der Waals surface area contributed by atoms with E-state index in [9.17, 15) is 4.79 Å². The number of ether oxygens (including phenoxy) is 1. The van der Waals surface area contributed by atoms with Gasteiger partial charge in [-0.3, -0.25) is 0 Å². The molecule has 0 amide bonds. The van der Waals surface area contributed by atoms with Crippen LogP contribution >= 0.6 is 0 Å². The Morgan fingerprint density at radius 3 is 2.83 bits per heavy atom. The number of aryl methyl sites for hydroxylation is 1. The van der Waals surface area contributed by atoms with E-state index in [-0.39, 0.29) is 5.97 Å². The van der Waals surface area contributed by atoms with Crippen LogP contribution in [0.1, 0.15) is 17.4 Å². The molecule has 0 aliphatic heterocycles. The molecule has 2 aromatic rings. The van der Waals surface area contributed by atoms with Gasteiger partial charge in [0.25, 0.3) is 0 Å². The molecule has 0 N–H and O–H groups in total. The molecular weight excluding hydrogens is 230 g/mol. The van der Waals surface area contributed by atoms with E-state index in [1.54, 1.807) is 13.1 Å². The van der Waals surface area contributed by atoms with Gasteiger partial charge >= 0.3 is 5.97 Å². The molecule has 0 spiro atoms. The molecule has 5 heteroatoms. The number of nitrogens with zero attached hydrogens (tertiary/aromatic N) is 3. The van der Waals surface area contributed by atoms with Gasteiger partial charge in [0.1, 0.15) is 5.69 Å². The van der Waals surface area contributed by atoms with Crippen LogP contribution in [-0.2, 0) is 11.8 Å². The van der Waals surface area contributed by atoms with E-state index in [2.05, 4.69) is 4.98 Å². The average Bonchev–Trinajstić information content (AvgIpc) is 2.67. The number of carbonyl (C=O) groups excluding carboxylic acids is 1. The van der Waals surface area contributed by atoms with Crippen molar-refractivity contribution in [2.24, 2.45) is 7.05 Å². The smallest absolute Gasteiger partial charge is 0.354 e. The van der Waals surface area contributed by atoms with Crippen LogP contribution < -0.4 is 4.90 Å². The molecule has 0 aliphatic rings. The van der Waals surface area contributed by atoms with Crippen molar-refractivity contribution < 1.29 is 9.53 Å².